The Bertz CT molecular complexity index is 464. The summed E-state index contributed by atoms with van der Waals surface area (Å²) in [7, 11) is 3.67. The number of likely N-dealkylation sites (N-methyl/N-ethyl adjacent to an activating group) is 2. The monoisotopic (exact) mass is 328 g/mol. The Hall–Kier alpha value is -1.30. The molecule has 1 aliphatic rings. The molecule has 1 aromatic carbocycles. The summed E-state index contributed by atoms with van der Waals surface area (Å²) in [4.78, 5) is 14.2. The van der Waals surface area contributed by atoms with Gasteiger partial charge in [-0.3, -0.25) is 4.79 Å². The van der Waals surface area contributed by atoms with Gasteiger partial charge in [0.1, 0.15) is 12.4 Å². The van der Waals surface area contributed by atoms with Crippen LogP contribution in [0.5, 0.6) is 5.75 Å². The van der Waals surface area contributed by atoms with Crippen molar-refractivity contribution in [2.24, 2.45) is 0 Å². The number of rotatable bonds is 7. The lowest BCUT2D eigenvalue weighted by Crippen LogP contribution is -2.33. The Morgan fingerprint density at radius 1 is 1.45 bits per heavy atom. The number of carbonyl (C=O) groups excluding carboxylic acids is 1. The average molecular weight is 329 g/mol. The van der Waals surface area contributed by atoms with Crippen LogP contribution in [0, 0.1) is 0 Å². The van der Waals surface area contributed by atoms with Crippen LogP contribution in [0.25, 0.3) is 0 Å². The number of benzene rings is 1. The van der Waals surface area contributed by atoms with Crippen LogP contribution in [-0.4, -0.2) is 57.3 Å². The predicted molar refractivity (Wildman–Crippen MR) is 89.0 cm³/mol. The van der Waals surface area contributed by atoms with Crippen molar-refractivity contribution in [3.05, 3.63) is 29.8 Å². The van der Waals surface area contributed by atoms with Gasteiger partial charge in [-0.15, -0.1) is 12.4 Å². The quantitative estimate of drug-likeness (QED) is 0.831. The number of ether oxygens (including phenoxy) is 2. The van der Waals surface area contributed by atoms with Gasteiger partial charge < -0.3 is 19.7 Å². The first-order chi connectivity index (χ1) is 10.2. The van der Waals surface area contributed by atoms with Gasteiger partial charge in [-0.05, 0) is 32.0 Å². The summed E-state index contributed by atoms with van der Waals surface area (Å²) < 4.78 is 11.4. The number of hydrogen-bond acceptors (Lipinski definition) is 4. The van der Waals surface area contributed by atoms with Crippen molar-refractivity contribution in [1.82, 2.24) is 10.2 Å². The minimum absolute atomic E-state index is 0. The van der Waals surface area contributed by atoms with Crippen molar-refractivity contribution >= 4 is 18.3 Å². The summed E-state index contributed by atoms with van der Waals surface area (Å²) in [6.45, 7) is 2.74. The highest BCUT2D eigenvalue weighted by molar-refractivity contribution is 5.96. The lowest BCUT2D eigenvalue weighted by Gasteiger charge is -2.19. The van der Waals surface area contributed by atoms with E-state index < -0.39 is 0 Å². The molecule has 124 valence electrons. The number of hydrogen-bond donors (Lipinski definition) is 1. The molecule has 1 atom stereocenters. The molecule has 0 saturated carbocycles. The van der Waals surface area contributed by atoms with Gasteiger partial charge in [0.25, 0.3) is 5.91 Å². The maximum absolute atomic E-state index is 12.5. The summed E-state index contributed by atoms with van der Waals surface area (Å²) >= 11 is 0. The van der Waals surface area contributed by atoms with E-state index in [4.69, 9.17) is 9.47 Å². The van der Waals surface area contributed by atoms with Crippen molar-refractivity contribution in [2.45, 2.75) is 18.9 Å². The van der Waals surface area contributed by atoms with Crippen LogP contribution in [0.1, 0.15) is 23.2 Å². The molecule has 0 spiro atoms. The van der Waals surface area contributed by atoms with Gasteiger partial charge in [0.15, 0.2) is 0 Å². The second-order valence-corrected chi connectivity index (χ2v) is 5.27. The molecule has 2 rings (SSSR count). The van der Waals surface area contributed by atoms with Crippen LogP contribution in [0.3, 0.4) is 0 Å². The van der Waals surface area contributed by atoms with Gasteiger partial charge in [0.2, 0.25) is 0 Å². The van der Waals surface area contributed by atoms with Crippen molar-refractivity contribution in [3.63, 3.8) is 0 Å². The standard InChI is InChI=1S/C16H24N2O3.ClH/c1-17-9-10-18(2)16(19)14-7-3-4-8-15(14)21-12-13-6-5-11-20-13;/h3-4,7-8,13,17H,5-6,9-12H2,1-2H3;1H. The maximum atomic E-state index is 12.5. The molecule has 1 saturated heterocycles. The van der Waals surface area contributed by atoms with Gasteiger partial charge in [0.05, 0.1) is 11.7 Å². The normalized spacial score (nSPS) is 16.9. The number of para-hydroxylation sites is 1. The third-order valence-corrected chi connectivity index (χ3v) is 3.61. The molecule has 1 unspecified atom stereocenters. The van der Waals surface area contributed by atoms with Crippen LogP contribution >= 0.6 is 12.4 Å². The topological polar surface area (TPSA) is 50.8 Å². The highest BCUT2D eigenvalue weighted by Gasteiger charge is 2.19. The molecule has 1 amide bonds. The number of carbonyl (C=O) groups is 1. The zero-order valence-corrected chi connectivity index (χ0v) is 14.0. The molecule has 0 radical (unpaired) electrons. The molecular formula is C16H25ClN2O3. The van der Waals surface area contributed by atoms with E-state index in [2.05, 4.69) is 5.32 Å². The molecule has 1 N–H and O–H groups in total. The van der Waals surface area contributed by atoms with Crippen LogP contribution in [0.2, 0.25) is 0 Å². The van der Waals surface area contributed by atoms with E-state index in [9.17, 15) is 4.79 Å². The SMILES string of the molecule is CNCCN(C)C(=O)c1ccccc1OCC1CCCO1.Cl. The summed E-state index contributed by atoms with van der Waals surface area (Å²) in [5.41, 5.74) is 0.606. The molecule has 1 heterocycles. The Labute approximate surface area is 138 Å². The van der Waals surface area contributed by atoms with E-state index in [0.29, 0.717) is 24.5 Å². The van der Waals surface area contributed by atoms with Gasteiger partial charge in [-0.1, -0.05) is 12.1 Å². The van der Waals surface area contributed by atoms with E-state index in [1.165, 1.54) is 0 Å². The van der Waals surface area contributed by atoms with Crippen LogP contribution in [-0.2, 0) is 4.74 Å². The number of amides is 1. The summed E-state index contributed by atoms with van der Waals surface area (Å²) in [5, 5.41) is 3.04. The smallest absolute Gasteiger partial charge is 0.257 e. The minimum Gasteiger partial charge on any atom is -0.490 e. The van der Waals surface area contributed by atoms with Crippen molar-refractivity contribution in [2.75, 3.05) is 40.4 Å². The van der Waals surface area contributed by atoms with E-state index >= 15 is 0 Å². The average Bonchev–Trinajstić information content (AvgIpc) is 3.03. The van der Waals surface area contributed by atoms with Crippen molar-refractivity contribution < 1.29 is 14.3 Å². The minimum atomic E-state index is -0.0202. The first-order valence-corrected chi connectivity index (χ1v) is 7.46. The van der Waals surface area contributed by atoms with Gasteiger partial charge in [0, 0.05) is 26.7 Å². The fourth-order valence-corrected chi connectivity index (χ4v) is 2.31. The van der Waals surface area contributed by atoms with Gasteiger partial charge >= 0.3 is 0 Å². The van der Waals surface area contributed by atoms with E-state index in [1.807, 2.05) is 31.3 Å². The van der Waals surface area contributed by atoms with Crippen LogP contribution in [0.15, 0.2) is 24.3 Å². The fraction of sp³-hybridized carbons (Fsp3) is 0.562. The second kappa shape index (κ2) is 9.66. The lowest BCUT2D eigenvalue weighted by molar-refractivity contribution is 0.0658. The Balaban J connectivity index is 0.00000242. The molecule has 22 heavy (non-hydrogen) atoms. The number of nitrogens with one attached hydrogen (secondary N) is 1. The third kappa shape index (κ3) is 5.16. The first-order valence-electron chi connectivity index (χ1n) is 7.46. The highest BCUT2D eigenvalue weighted by Crippen LogP contribution is 2.21. The molecule has 0 bridgehead atoms. The molecule has 1 aromatic rings. The Morgan fingerprint density at radius 2 is 2.23 bits per heavy atom. The molecule has 6 heteroatoms. The predicted octanol–water partition coefficient (Wildman–Crippen LogP) is 1.96. The van der Waals surface area contributed by atoms with Crippen LogP contribution < -0.4 is 10.1 Å². The summed E-state index contributed by atoms with van der Waals surface area (Å²) in [6.07, 6.45) is 2.26. The van der Waals surface area contributed by atoms with E-state index in [1.54, 1.807) is 11.9 Å². The third-order valence-electron chi connectivity index (χ3n) is 3.61. The van der Waals surface area contributed by atoms with Crippen LogP contribution in [0.4, 0.5) is 0 Å². The van der Waals surface area contributed by atoms with Crippen molar-refractivity contribution in [3.8, 4) is 5.75 Å². The zero-order chi connectivity index (χ0) is 15.1. The molecular weight excluding hydrogens is 304 g/mol. The van der Waals surface area contributed by atoms with E-state index in [-0.39, 0.29) is 24.4 Å². The molecule has 0 aliphatic carbocycles. The fourth-order valence-electron chi connectivity index (χ4n) is 2.31. The first kappa shape index (κ1) is 18.7. The molecule has 5 nitrogen and oxygen atoms in total. The van der Waals surface area contributed by atoms with E-state index in [0.717, 1.165) is 26.0 Å². The molecule has 1 fully saturated rings. The zero-order valence-electron chi connectivity index (χ0n) is 13.2. The molecule has 0 aromatic heterocycles. The maximum Gasteiger partial charge on any atom is 0.257 e. The Kier molecular flexibility index (Phi) is 8.24. The molecule has 1 aliphatic heterocycles. The van der Waals surface area contributed by atoms with Crippen molar-refractivity contribution in [1.29, 1.82) is 0 Å². The van der Waals surface area contributed by atoms with Gasteiger partial charge in [-0.25, -0.2) is 0 Å². The lowest BCUT2D eigenvalue weighted by atomic mass is 10.1. The summed E-state index contributed by atoms with van der Waals surface area (Å²) in [5.74, 6) is 0.613. The summed E-state index contributed by atoms with van der Waals surface area (Å²) in [6, 6.07) is 7.39. The second-order valence-electron chi connectivity index (χ2n) is 5.27. The highest BCUT2D eigenvalue weighted by atomic mass is 35.5. The van der Waals surface area contributed by atoms with Gasteiger partial charge in [-0.2, -0.15) is 0 Å². The number of nitrogens with zero attached hydrogens (tertiary/aromatic N) is 1. The largest absolute Gasteiger partial charge is 0.490 e. The number of halogens is 1. The Morgan fingerprint density at radius 3 is 2.91 bits per heavy atom.